The Labute approximate surface area is 777 Å². The number of carboxylic acid groups (broad SMARTS) is 8. The van der Waals surface area contributed by atoms with Crippen LogP contribution >= 0.6 is 0 Å². The molecule has 10 amide bonds. The van der Waals surface area contributed by atoms with Gasteiger partial charge < -0.3 is 198 Å². The zero-order valence-electron chi connectivity index (χ0n) is 77.2. The quantitative estimate of drug-likeness (QED) is 0.0153. The molecule has 0 radical (unpaired) electrons. The number of amides is 10. The third-order valence-corrected chi connectivity index (χ3v) is 14.3. The van der Waals surface area contributed by atoms with Gasteiger partial charge in [0.15, 0.2) is 53.6 Å². The SMILES string of the molecule is CC(=O)N[C@H](CCCN=C(N)N)C(=O)N[C@H](CCCN=C(N)N)C(=O)N[C@H](CCCN=C(N)N)C(=O)N[C@H](CCCN=C(N)N)C(=O)N[C@H](CCCN=C(N)N)C(=O)N[C@H](CCCN=C(N)N)C(=O)N[C@H](CCCN=C(N)N)C(=O)N[C@H](CCCN=C(N)N)C(=O)N[C@H](CCCN=C(N)N)C(N)=O.CC(=O)O.CC(=O)O.CC(=O)O.CC(=O)O.CC(=O)O.CC(=O)O.CC(=O)O.CC(=O)O. The molecule has 0 aliphatic carbocycles. The van der Waals surface area contributed by atoms with Gasteiger partial charge in [-0.2, -0.15) is 0 Å². The monoisotopic (exact) mass is 1940 g/mol. The van der Waals surface area contributed by atoms with Crippen LogP contribution in [0.25, 0.3) is 0 Å². The van der Waals surface area contributed by atoms with Gasteiger partial charge in [0.25, 0.3) is 47.8 Å². The summed E-state index contributed by atoms with van der Waals surface area (Å²) in [6.45, 7) is 9.70. The lowest BCUT2D eigenvalue weighted by molar-refractivity contribution is -0.136. The molecule has 0 bridgehead atoms. The van der Waals surface area contributed by atoms with Crippen molar-refractivity contribution < 1.29 is 127 Å². The van der Waals surface area contributed by atoms with Crippen LogP contribution in [0.1, 0.15) is 178 Å². The average molecular weight is 1950 g/mol. The van der Waals surface area contributed by atoms with Crippen molar-refractivity contribution in [1.29, 1.82) is 0 Å². The van der Waals surface area contributed by atoms with E-state index >= 15 is 0 Å². The summed E-state index contributed by atoms with van der Waals surface area (Å²) in [5.74, 6) is -18.0. The second-order valence-corrected chi connectivity index (χ2v) is 27.3. The lowest BCUT2D eigenvalue weighted by Crippen LogP contribution is -2.60. The molecule has 63 heteroatoms. The van der Waals surface area contributed by atoms with Gasteiger partial charge >= 0.3 is 0 Å². The number of nitrogens with one attached hydrogen (secondary N) is 9. The van der Waals surface area contributed by atoms with Gasteiger partial charge in [0.2, 0.25) is 59.1 Å². The third kappa shape index (κ3) is 112. The summed E-state index contributed by atoms with van der Waals surface area (Å²) in [7, 11) is 0. The number of primary amides is 1. The van der Waals surface area contributed by atoms with E-state index in [-0.39, 0.29) is 228 Å². The van der Waals surface area contributed by atoms with Crippen molar-refractivity contribution in [3.63, 3.8) is 0 Å². The van der Waals surface area contributed by atoms with Crippen LogP contribution in [-0.4, -0.2) is 315 Å². The highest BCUT2D eigenvalue weighted by atomic mass is 16.4. The topological polar surface area (TPSA) is 1180 Å². The Balaban J connectivity index is -0.000000607. The Morgan fingerprint density at radius 2 is 0.267 bits per heavy atom. The molecule has 63 nitrogen and oxygen atoms in total. The molecule has 0 unspecified atom stereocenters. The number of guanidine groups is 9. The van der Waals surface area contributed by atoms with Crippen molar-refractivity contribution in [2.75, 3.05) is 58.9 Å². The third-order valence-electron chi connectivity index (χ3n) is 14.3. The number of carboxylic acids is 8. The molecule has 55 N–H and O–H groups in total. The number of carbonyl (C=O) groups is 18. The van der Waals surface area contributed by atoms with E-state index in [1.54, 1.807) is 0 Å². The van der Waals surface area contributed by atoms with Crippen molar-refractivity contribution in [1.82, 2.24) is 47.9 Å². The van der Waals surface area contributed by atoms with E-state index in [9.17, 15) is 47.9 Å². The number of nitrogens with zero attached hydrogens (tertiary/aromatic N) is 9. The fraction of sp³-hybridized carbons (Fsp3) is 0.625. The molecule has 0 fully saturated rings. The Bertz CT molecular complexity index is 3710. The molecule has 0 saturated carbocycles. The Morgan fingerprint density at radius 1 is 0.178 bits per heavy atom. The molecule has 135 heavy (non-hydrogen) atoms. The molecular weight excluding hydrogens is 1800 g/mol. The lowest BCUT2D eigenvalue weighted by atomic mass is 10.0. The summed E-state index contributed by atoms with van der Waals surface area (Å²) in [4.78, 5) is 248. The first-order valence-corrected chi connectivity index (χ1v) is 40.4. The van der Waals surface area contributed by atoms with Gasteiger partial charge in [0.1, 0.15) is 54.4 Å². The fourth-order valence-electron chi connectivity index (χ4n) is 9.39. The summed E-state index contributed by atoms with van der Waals surface area (Å²) >= 11 is 0. The summed E-state index contributed by atoms with van der Waals surface area (Å²) < 4.78 is 0. The van der Waals surface area contributed by atoms with E-state index in [1.165, 1.54) is 6.92 Å². The smallest absolute Gasteiger partial charge is 0.300 e. The van der Waals surface area contributed by atoms with E-state index < -0.39 is 161 Å². The van der Waals surface area contributed by atoms with Crippen molar-refractivity contribution in [3.8, 4) is 0 Å². The zero-order valence-corrected chi connectivity index (χ0v) is 77.2. The molecule has 0 aliphatic rings. The Morgan fingerprint density at radius 3 is 0.356 bits per heavy atom. The first-order chi connectivity index (χ1) is 62.4. The molecule has 9 atom stereocenters. The van der Waals surface area contributed by atoms with Crippen LogP contribution in [-0.2, 0) is 86.3 Å². The second kappa shape index (κ2) is 86.0. The maximum absolute atomic E-state index is 14.9. The van der Waals surface area contributed by atoms with Gasteiger partial charge in [0.05, 0.1) is 0 Å². The standard InChI is InChI=1S/C56H113N37O10.8C2H4O2/c1-29(94)85-31(12-3-21-77-49(60)61)40(96)87-33(14-5-23-79-51(64)65)42(98)89-35(16-7-25-81-53(68)69)44(100)91-37(18-9-27-83-55(72)73)46(102)93-38(19-10-28-84-56(74)75)47(103)92-36(17-8-26-82-54(70)71)45(101)90-34(15-6-24-80-52(66)67)43(99)88-32(13-4-22-78-50(62)63)41(97)86-30(39(57)95)11-2-20-76-48(58)59;8*1-2(3)4/h30-38H,2-28H2,1H3,(H2,57,95)(H,85,94)(H,86,97)(H,87,96)(H,88,99)(H,89,98)(H,90,101)(H,91,100)(H,92,103)(H,93,102)(H4,58,59,76)(H4,60,61,77)(H4,62,63,78)(H4,64,65,79)(H4,66,67,80)(H4,68,69,81)(H4,70,71,82)(H4,72,73,83)(H4,74,75,84);8*1H3,(H,3,4)/t30-,31-,32-,33-,34-,35-,36-,37-,38-;;;;;;;;/m1......../s1. The minimum absolute atomic E-state index is 0.000737. The largest absolute Gasteiger partial charge is 0.481 e. The molecule has 0 aromatic heterocycles. The number of aliphatic imine (C=N–C) groups is 9. The number of carbonyl (C=O) groups excluding carboxylic acids is 10. The minimum atomic E-state index is -1.58. The molecular formula is C72H145N37O26. The van der Waals surface area contributed by atoms with E-state index in [2.05, 4.69) is 92.8 Å². The molecule has 0 saturated heterocycles. The highest BCUT2D eigenvalue weighted by Crippen LogP contribution is 2.13. The molecule has 0 aliphatic heterocycles. The van der Waals surface area contributed by atoms with Gasteiger partial charge in [-0.25, -0.2) is 0 Å². The highest BCUT2D eigenvalue weighted by Gasteiger charge is 2.36. The van der Waals surface area contributed by atoms with Crippen molar-refractivity contribution in [2.24, 2.45) is 154 Å². The van der Waals surface area contributed by atoms with Crippen LogP contribution < -0.4 is 157 Å². The van der Waals surface area contributed by atoms with Gasteiger partial charge in [-0.3, -0.25) is 131 Å². The van der Waals surface area contributed by atoms with Crippen LogP contribution in [0.3, 0.4) is 0 Å². The molecule has 0 rings (SSSR count). The number of rotatable bonds is 54. The number of hydrogen-bond donors (Lipinski definition) is 36. The summed E-state index contributed by atoms with van der Waals surface area (Å²) in [6, 6.07) is -13.0. The number of nitrogens with two attached hydrogens (primary N) is 19. The summed E-state index contributed by atoms with van der Waals surface area (Å²) in [5, 5.41) is 82.9. The van der Waals surface area contributed by atoms with Crippen molar-refractivity contribution in [2.45, 2.75) is 232 Å². The molecule has 0 heterocycles. The summed E-state index contributed by atoms with van der Waals surface area (Å²) in [5.41, 5.74) is 105. The van der Waals surface area contributed by atoms with Crippen LogP contribution in [0.15, 0.2) is 44.9 Å². The Kier molecular flexibility index (Phi) is 87.1. The van der Waals surface area contributed by atoms with Gasteiger partial charge in [-0.1, -0.05) is 0 Å². The predicted octanol–water partition coefficient (Wildman–Crippen LogP) is -12.9. The number of aliphatic carboxylic acids is 8. The number of hydrogen-bond acceptors (Lipinski definition) is 27. The fourth-order valence-corrected chi connectivity index (χ4v) is 9.39. The van der Waals surface area contributed by atoms with Crippen LogP contribution in [0.2, 0.25) is 0 Å². The Hall–Kier alpha value is -16.1. The van der Waals surface area contributed by atoms with Gasteiger partial charge in [0, 0.05) is 121 Å². The van der Waals surface area contributed by atoms with Gasteiger partial charge in [-0.15, -0.1) is 0 Å². The zero-order chi connectivity index (χ0) is 107. The lowest BCUT2D eigenvalue weighted by Gasteiger charge is -2.28. The van der Waals surface area contributed by atoms with Crippen LogP contribution in [0.4, 0.5) is 0 Å². The molecule has 774 valence electrons. The van der Waals surface area contributed by atoms with E-state index in [4.69, 9.17) is 188 Å². The van der Waals surface area contributed by atoms with E-state index in [0.29, 0.717) is 0 Å². The normalized spacial score (nSPS) is 11.5. The van der Waals surface area contributed by atoms with E-state index in [0.717, 1.165) is 55.4 Å². The average Bonchev–Trinajstić information content (AvgIpc) is 0.861. The molecule has 0 spiro atoms. The maximum atomic E-state index is 14.9. The van der Waals surface area contributed by atoms with E-state index in [1.807, 2.05) is 0 Å². The first-order valence-electron chi connectivity index (χ1n) is 40.4. The maximum Gasteiger partial charge on any atom is 0.300 e. The van der Waals surface area contributed by atoms with Gasteiger partial charge in [-0.05, 0) is 116 Å². The predicted molar refractivity (Wildman–Crippen MR) is 498 cm³/mol. The minimum Gasteiger partial charge on any atom is -0.481 e. The summed E-state index contributed by atoms with van der Waals surface area (Å²) in [6.07, 6.45) is -0.531. The highest BCUT2D eigenvalue weighted by molar-refractivity contribution is 5.99. The molecule has 0 aromatic rings. The molecule has 0 aromatic carbocycles. The van der Waals surface area contributed by atoms with Crippen molar-refractivity contribution in [3.05, 3.63) is 0 Å². The second-order valence-electron chi connectivity index (χ2n) is 27.3. The van der Waals surface area contributed by atoms with Crippen LogP contribution in [0, 0.1) is 0 Å². The van der Waals surface area contributed by atoms with Crippen molar-refractivity contribution >= 4 is 160 Å². The van der Waals surface area contributed by atoms with Crippen LogP contribution in [0.5, 0.6) is 0 Å². The first kappa shape index (κ1) is 137.